The molecular weight excluding hydrogens is 294 g/mol. The maximum Gasteiger partial charge on any atom is 0.228 e. The first kappa shape index (κ1) is 15.3. The van der Waals surface area contributed by atoms with Crippen molar-refractivity contribution in [3.63, 3.8) is 0 Å². The standard InChI is InChI=1S/C17H19N3O3/c1-2-12(21)10-22-13-4-6-14-15(7-5-13)23-17(20-14)11-3-8-16(18)19-9-11/h3,5-9,12,21H,2,4,10H2,1H3,(H2,18,19)/t12-/m0/s1. The number of hydrogen-bond donors (Lipinski definition) is 2. The Balaban J connectivity index is 1.82. The fraction of sp³-hybridized carbons (Fsp3) is 0.294. The van der Waals surface area contributed by atoms with E-state index in [9.17, 15) is 5.11 Å². The molecule has 0 bridgehead atoms. The Hall–Kier alpha value is -2.60. The highest BCUT2D eigenvalue weighted by atomic mass is 16.5. The molecule has 6 nitrogen and oxygen atoms in total. The third kappa shape index (κ3) is 3.60. The van der Waals surface area contributed by atoms with Gasteiger partial charge in [-0.3, -0.25) is 0 Å². The molecule has 0 radical (unpaired) electrons. The number of hydrogen-bond acceptors (Lipinski definition) is 6. The maximum atomic E-state index is 9.56. The lowest BCUT2D eigenvalue weighted by Crippen LogP contribution is -2.20. The number of aromatic nitrogens is 2. The van der Waals surface area contributed by atoms with Crippen molar-refractivity contribution in [1.29, 1.82) is 0 Å². The number of rotatable bonds is 5. The minimum Gasteiger partial charge on any atom is -0.495 e. The molecule has 1 aliphatic carbocycles. The van der Waals surface area contributed by atoms with Crippen molar-refractivity contribution in [3.8, 4) is 11.5 Å². The summed E-state index contributed by atoms with van der Waals surface area (Å²) in [6, 6.07) is 3.53. The van der Waals surface area contributed by atoms with Gasteiger partial charge in [-0.2, -0.15) is 0 Å². The predicted octanol–water partition coefficient (Wildman–Crippen LogP) is 0.955. The predicted molar refractivity (Wildman–Crippen MR) is 87.3 cm³/mol. The normalized spacial score (nSPS) is 14.8. The molecule has 0 aromatic carbocycles. The fourth-order valence-electron chi connectivity index (χ4n) is 2.13. The van der Waals surface area contributed by atoms with E-state index in [1.54, 1.807) is 12.3 Å². The zero-order valence-corrected chi connectivity index (χ0v) is 12.9. The maximum absolute atomic E-state index is 9.56. The Labute approximate surface area is 133 Å². The molecule has 6 heteroatoms. The van der Waals surface area contributed by atoms with Crippen molar-refractivity contribution in [2.24, 2.45) is 0 Å². The highest BCUT2D eigenvalue weighted by Gasteiger charge is 2.09. The number of nitrogens with zero attached hydrogens (tertiary/aromatic N) is 2. The van der Waals surface area contributed by atoms with Crippen LogP contribution in [0.4, 0.5) is 5.82 Å². The van der Waals surface area contributed by atoms with E-state index in [0.717, 1.165) is 16.7 Å². The molecule has 2 aromatic heterocycles. The van der Waals surface area contributed by atoms with Crippen LogP contribution in [0.3, 0.4) is 0 Å². The summed E-state index contributed by atoms with van der Waals surface area (Å²) < 4.78 is 11.4. The van der Waals surface area contributed by atoms with Crippen LogP contribution >= 0.6 is 0 Å². The van der Waals surface area contributed by atoms with E-state index in [0.29, 0.717) is 36.6 Å². The average molecular weight is 313 g/mol. The van der Waals surface area contributed by atoms with Gasteiger partial charge in [-0.1, -0.05) is 6.92 Å². The Bertz CT molecular complexity index is 822. The topological polar surface area (TPSA) is 94.4 Å². The lowest BCUT2D eigenvalue weighted by Gasteiger charge is -2.11. The molecule has 0 amide bonds. The third-order valence-electron chi connectivity index (χ3n) is 3.56. The minimum atomic E-state index is -0.446. The molecule has 3 N–H and O–H groups in total. The van der Waals surface area contributed by atoms with Crippen molar-refractivity contribution < 1.29 is 14.3 Å². The SMILES string of the molecule is CC[C@H](O)COC1=CC=c2oc(-c3ccc(N)nc3)nc2=CC1. The highest BCUT2D eigenvalue weighted by Crippen LogP contribution is 2.14. The van der Waals surface area contributed by atoms with Crippen LogP contribution in [-0.4, -0.2) is 27.8 Å². The largest absolute Gasteiger partial charge is 0.495 e. The average Bonchev–Trinajstić information content (AvgIpc) is 2.88. The first-order valence-corrected chi connectivity index (χ1v) is 7.56. The van der Waals surface area contributed by atoms with E-state index in [1.165, 1.54) is 0 Å². The van der Waals surface area contributed by atoms with Gasteiger partial charge >= 0.3 is 0 Å². The quantitative estimate of drug-likeness (QED) is 0.853. The van der Waals surface area contributed by atoms with Gasteiger partial charge in [-0.05, 0) is 36.8 Å². The van der Waals surface area contributed by atoms with Gasteiger partial charge in [0.2, 0.25) is 5.89 Å². The number of pyridine rings is 1. The molecule has 120 valence electrons. The van der Waals surface area contributed by atoms with Crippen LogP contribution in [0.25, 0.3) is 23.6 Å². The molecule has 1 aliphatic rings. The number of allylic oxidation sites excluding steroid dienone is 2. The number of nitrogen functional groups attached to an aromatic ring is 1. The van der Waals surface area contributed by atoms with Gasteiger partial charge in [-0.25, -0.2) is 9.97 Å². The molecule has 0 saturated carbocycles. The number of ether oxygens (including phenoxy) is 1. The van der Waals surface area contributed by atoms with E-state index >= 15 is 0 Å². The second-order valence-corrected chi connectivity index (χ2v) is 5.32. The molecule has 0 unspecified atom stereocenters. The van der Waals surface area contributed by atoms with E-state index in [1.807, 2.05) is 31.2 Å². The zero-order chi connectivity index (χ0) is 16.2. The fourth-order valence-corrected chi connectivity index (χ4v) is 2.13. The molecule has 0 spiro atoms. The summed E-state index contributed by atoms with van der Waals surface area (Å²) in [4.78, 5) is 8.53. The Morgan fingerprint density at radius 1 is 1.39 bits per heavy atom. The van der Waals surface area contributed by atoms with Gasteiger partial charge in [0.15, 0.2) is 5.42 Å². The summed E-state index contributed by atoms with van der Waals surface area (Å²) in [6.45, 7) is 2.21. The van der Waals surface area contributed by atoms with Gasteiger partial charge in [-0.15, -0.1) is 0 Å². The number of fused-ring (bicyclic) bond motifs is 1. The van der Waals surface area contributed by atoms with E-state index in [2.05, 4.69) is 9.97 Å². The van der Waals surface area contributed by atoms with Crippen LogP contribution in [0.5, 0.6) is 0 Å². The summed E-state index contributed by atoms with van der Waals surface area (Å²) >= 11 is 0. The number of aliphatic hydroxyl groups excluding tert-OH is 1. The van der Waals surface area contributed by atoms with Crippen molar-refractivity contribution in [2.45, 2.75) is 25.9 Å². The first-order valence-electron chi connectivity index (χ1n) is 7.56. The number of anilines is 1. The van der Waals surface area contributed by atoms with Gasteiger partial charge < -0.3 is 20.0 Å². The van der Waals surface area contributed by atoms with Crippen molar-refractivity contribution in [2.75, 3.05) is 12.3 Å². The second kappa shape index (κ2) is 6.66. The molecule has 0 saturated heterocycles. The first-order chi connectivity index (χ1) is 11.2. The molecule has 23 heavy (non-hydrogen) atoms. The molecule has 2 heterocycles. The second-order valence-electron chi connectivity index (χ2n) is 5.32. The summed E-state index contributed by atoms with van der Waals surface area (Å²) in [6.07, 6.45) is 8.08. The number of aliphatic hydroxyl groups is 1. The van der Waals surface area contributed by atoms with Crippen LogP contribution in [0.2, 0.25) is 0 Å². The van der Waals surface area contributed by atoms with Crippen LogP contribution in [0, 0.1) is 0 Å². The minimum absolute atomic E-state index is 0.293. The van der Waals surface area contributed by atoms with Crippen molar-refractivity contribution in [1.82, 2.24) is 9.97 Å². The van der Waals surface area contributed by atoms with Gasteiger partial charge in [0, 0.05) is 12.6 Å². The van der Waals surface area contributed by atoms with Gasteiger partial charge in [0.05, 0.1) is 11.7 Å². The Morgan fingerprint density at radius 3 is 3.00 bits per heavy atom. The van der Waals surface area contributed by atoms with Crippen LogP contribution in [-0.2, 0) is 4.74 Å². The van der Waals surface area contributed by atoms with Gasteiger partial charge in [0.1, 0.15) is 23.5 Å². The zero-order valence-electron chi connectivity index (χ0n) is 12.9. The molecule has 1 atom stereocenters. The summed E-state index contributed by atoms with van der Waals surface area (Å²) in [7, 11) is 0. The summed E-state index contributed by atoms with van der Waals surface area (Å²) in [5.41, 5.74) is 7.03. The summed E-state index contributed by atoms with van der Waals surface area (Å²) in [5.74, 6) is 1.74. The van der Waals surface area contributed by atoms with Gasteiger partial charge in [0.25, 0.3) is 0 Å². The third-order valence-corrected chi connectivity index (χ3v) is 3.56. The summed E-state index contributed by atoms with van der Waals surface area (Å²) in [5, 5.41) is 10.3. The lowest BCUT2D eigenvalue weighted by atomic mass is 10.3. The van der Waals surface area contributed by atoms with Crippen LogP contribution in [0.15, 0.2) is 34.6 Å². The Kier molecular flexibility index (Phi) is 4.43. The highest BCUT2D eigenvalue weighted by molar-refractivity contribution is 5.54. The van der Waals surface area contributed by atoms with Crippen molar-refractivity contribution in [3.05, 3.63) is 40.9 Å². The molecule has 0 aliphatic heterocycles. The molecule has 0 fully saturated rings. The number of oxazole rings is 1. The monoisotopic (exact) mass is 313 g/mol. The molecule has 3 rings (SSSR count). The van der Waals surface area contributed by atoms with E-state index in [4.69, 9.17) is 14.9 Å². The molecule has 2 aromatic rings. The van der Waals surface area contributed by atoms with Crippen LogP contribution < -0.4 is 16.5 Å². The van der Waals surface area contributed by atoms with E-state index in [-0.39, 0.29) is 0 Å². The smallest absolute Gasteiger partial charge is 0.228 e. The Morgan fingerprint density at radius 2 is 2.26 bits per heavy atom. The van der Waals surface area contributed by atoms with Crippen LogP contribution in [0.1, 0.15) is 19.8 Å². The lowest BCUT2D eigenvalue weighted by molar-refractivity contribution is 0.0682. The van der Waals surface area contributed by atoms with E-state index < -0.39 is 6.10 Å². The number of nitrogens with two attached hydrogens (primary N) is 1. The molecular formula is C17H19N3O3. The van der Waals surface area contributed by atoms with Crippen molar-refractivity contribution >= 4 is 18.0 Å².